The molecule has 9 aromatic rings. The second-order valence-electron chi connectivity index (χ2n) is 9.28. The fraction of sp³-hybridized carbons (Fsp3) is 0. The highest BCUT2D eigenvalue weighted by Crippen LogP contribution is 2.43. The topological polar surface area (TPSA) is 29.5 Å². The molecule has 0 amide bonds. The Hall–Kier alpha value is -6.06. The average molecular weight is 605 g/mol. The molecule has 0 fully saturated rings. The Morgan fingerprint density at radius 2 is 0.889 bits per heavy atom. The van der Waals surface area contributed by atoms with Gasteiger partial charge in [-0.3, -0.25) is 0 Å². The molecule has 7 aromatic carbocycles. The van der Waals surface area contributed by atoms with E-state index < -0.39 is 246 Å². The largest absolute Gasteiger partial charge is 0.456 e. The first-order valence-electron chi connectivity index (χ1n) is 26.5. The van der Waals surface area contributed by atoms with Gasteiger partial charge in [0.05, 0.1) is 48.1 Å². The van der Waals surface area contributed by atoms with Crippen LogP contribution in [0, 0.1) is 0 Å². The SMILES string of the molecule is [2H]c1c([2H])c([2H])c(-c2c([2H])c([2H])c(N(c3c([2H])c([2H])c(-c4c([2H])c([2H])c5oc6c([2H])c([2H])c([2H])c([2H])c6c5c4[2H])c([2H])c3[2H])c3c([2H])c([2H])c([2H])c4oc5c([2H])c([2H])c([2H])c([2H])c5c34)c([2H])c2[2H])c([2H])c1[2H]. The van der Waals surface area contributed by atoms with Crippen LogP contribution in [0.15, 0.2) is 172 Å². The van der Waals surface area contributed by atoms with Gasteiger partial charge in [-0.15, -0.1) is 0 Å². The van der Waals surface area contributed by atoms with Gasteiger partial charge in [0.1, 0.15) is 22.3 Å². The first kappa shape index (κ1) is 10.3. The number of fused-ring (bicyclic) bond motifs is 6. The summed E-state index contributed by atoms with van der Waals surface area (Å²) in [6.07, 6.45) is 0. The monoisotopic (exact) mass is 604 g/mol. The van der Waals surface area contributed by atoms with Gasteiger partial charge >= 0.3 is 0 Å². The fourth-order valence-corrected chi connectivity index (χ4v) is 4.74. The number of nitrogens with zero attached hydrogens (tertiary/aromatic N) is 1. The number of hydrogen-bond donors (Lipinski definition) is 0. The van der Waals surface area contributed by atoms with Crippen molar-refractivity contribution in [1.82, 2.24) is 0 Å². The number of hydrogen-bond acceptors (Lipinski definition) is 3. The molecule has 0 aliphatic heterocycles. The molecular formula is C42H27NO2. The standard InChI is InChI=1S/C42H27NO2/c1-2-9-28(10-3-1)29-17-22-32(23-18-29)43(37-13-8-16-41-42(37)35-12-5-7-15-39(35)45-41)33-24-19-30(20-25-33)31-21-26-40-36(27-31)34-11-4-6-14-38(34)44-40/h1-27H/i1D,2D,3D,4D,5D,6D,7D,8D,9D,10D,11D,12D,13D,14D,15D,16D,17D,18D,19D,20D,21D,22D,23D,24D,25D,26D,27D. The summed E-state index contributed by atoms with van der Waals surface area (Å²) in [4.78, 5) is 0.442. The summed E-state index contributed by atoms with van der Waals surface area (Å²) < 4.78 is 250. The molecule has 9 rings (SSSR count). The maximum Gasteiger partial charge on any atom is 0.137 e. The van der Waals surface area contributed by atoms with Gasteiger partial charge < -0.3 is 13.7 Å². The minimum Gasteiger partial charge on any atom is -0.456 e. The molecule has 0 aliphatic rings. The van der Waals surface area contributed by atoms with E-state index in [1.807, 2.05) is 0 Å². The number of benzene rings is 7. The number of para-hydroxylation sites is 2. The third kappa shape index (κ3) is 4.29. The molecule has 0 unspecified atom stereocenters. The van der Waals surface area contributed by atoms with Gasteiger partial charge in [0, 0.05) is 27.5 Å². The van der Waals surface area contributed by atoms with E-state index in [4.69, 9.17) is 32.1 Å². The van der Waals surface area contributed by atoms with E-state index in [0.717, 1.165) is 0 Å². The Morgan fingerprint density at radius 1 is 0.378 bits per heavy atom. The Morgan fingerprint density at radius 3 is 1.62 bits per heavy atom. The second-order valence-corrected chi connectivity index (χ2v) is 9.28. The Bertz CT molecular complexity index is 3940. The molecule has 0 saturated heterocycles. The van der Waals surface area contributed by atoms with Gasteiger partial charge in [-0.05, 0) is 82.7 Å². The predicted molar refractivity (Wildman–Crippen MR) is 187 cm³/mol. The molecular weight excluding hydrogens is 550 g/mol. The lowest BCUT2D eigenvalue weighted by atomic mass is 10.0. The Kier molecular flexibility index (Phi) is 2.34. The highest BCUT2D eigenvalue weighted by molar-refractivity contribution is 6.13. The van der Waals surface area contributed by atoms with Crippen LogP contribution in [-0.2, 0) is 0 Å². The van der Waals surface area contributed by atoms with Crippen molar-refractivity contribution in [3.8, 4) is 22.3 Å². The summed E-state index contributed by atoms with van der Waals surface area (Å²) in [5.74, 6) is 0. The lowest BCUT2D eigenvalue weighted by molar-refractivity contribution is 0.668. The maximum absolute atomic E-state index is 9.58. The molecule has 0 atom stereocenters. The molecule has 0 aliphatic carbocycles. The van der Waals surface area contributed by atoms with Gasteiger partial charge in [0.25, 0.3) is 0 Å². The quantitative estimate of drug-likeness (QED) is 0.196. The van der Waals surface area contributed by atoms with Crippen LogP contribution in [0.1, 0.15) is 37.0 Å². The highest BCUT2D eigenvalue weighted by atomic mass is 16.3. The first-order valence-corrected chi connectivity index (χ1v) is 13.0. The molecule has 0 N–H and O–H groups in total. The van der Waals surface area contributed by atoms with E-state index in [-0.39, 0.29) is 0 Å². The summed E-state index contributed by atoms with van der Waals surface area (Å²) >= 11 is 0. The lowest BCUT2D eigenvalue weighted by Gasteiger charge is -2.26. The van der Waals surface area contributed by atoms with Crippen LogP contribution in [0.5, 0.6) is 0 Å². The van der Waals surface area contributed by atoms with Crippen molar-refractivity contribution in [3.05, 3.63) is 163 Å². The zero-order chi connectivity index (χ0) is 53.2. The van der Waals surface area contributed by atoms with Crippen LogP contribution in [0.3, 0.4) is 0 Å². The van der Waals surface area contributed by atoms with E-state index >= 15 is 0 Å². The molecule has 3 heteroatoms. The van der Waals surface area contributed by atoms with Crippen molar-refractivity contribution in [2.24, 2.45) is 0 Å². The van der Waals surface area contributed by atoms with Crippen LogP contribution in [-0.4, -0.2) is 0 Å². The van der Waals surface area contributed by atoms with Crippen molar-refractivity contribution >= 4 is 60.9 Å². The molecule has 2 aromatic heterocycles. The van der Waals surface area contributed by atoms with Crippen molar-refractivity contribution in [3.63, 3.8) is 0 Å². The second kappa shape index (κ2) is 10.3. The van der Waals surface area contributed by atoms with E-state index in [0.29, 0.717) is 4.90 Å². The van der Waals surface area contributed by atoms with Crippen LogP contribution >= 0.6 is 0 Å². The molecule has 212 valence electrons. The highest BCUT2D eigenvalue weighted by Gasteiger charge is 2.19. The number of rotatable bonds is 5. The minimum absolute atomic E-state index is 0.412. The van der Waals surface area contributed by atoms with Crippen molar-refractivity contribution < 1.29 is 45.8 Å². The summed E-state index contributed by atoms with van der Waals surface area (Å²) in [7, 11) is 0. The van der Waals surface area contributed by atoms with Crippen LogP contribution in [0.4, 0.5) is 17.1 Å². The molecule has 3 nitrogen and oxygen atoms in total. The lowest BCUT2D eigenvalue weighted by Crippen LogP contribution is -2.10. The van der Waals surface area contributed by atoms with Gasteiger partial charge in [0.2, 0.25) is 0 Å². The maximum atomic E-state index is 9.58. The van der Waals surface area contributed by atoms with Crippen molar-refractivity contribution in [1.29, 1.82) is 0 Å². The van der Waals surface area contributed by atoms with Gasteiger partial charge in [-0.25, -0.2) is 0 Å². The molecule has 2 heterocycles. The predicted octanol–water partition coefficient (Wildman–Crippen LogP) is 12.3. The number of furan rings is 2. The zero-order valence-electron chi connectivity index (χ0n) is 49.3. The average Bonchev–Trinajstić information content (AvgIpc) is 3.96. The molecule has 0 radical (unpaired) electrons. The fourth-order valence-electron chi connectivity index (χ4n) is 4.74. The van der Waals surface area contributed by atoms with Crippen LogP contribution in [0.2, 0.25) is 0 Å². The smallest absolute Gasteiger partial charge is 0.137 e. The summed E-state index contributed by atoms with van der Waals surface area (Å²) in [5.41, 5.74) is -8.80. The third-order valence-corrected chi connectivity index (χ3v) is 6.71. The molecule has 0 spiro atoms. The Labute approximate surface area is 298 Å². The van der Waals surface area contributed by atoms with E-state index in [9.17, 15) is 13.7 Å². The first-order chi connectivity index (χ1) is 33.6. The minimum atomic E-state index is -1.22. The summed E-state index contributed by atoms with van der Waals surface area (Å²) in [5, 5.41) is -2.12. The van der Waals surface area contributed by atoms with Crippen LogP contribution in [0.25, 0.3) is 66.1 Å². The van der Waals surface area contributed by atoms with E-state index in [1.165, 1.54) is 0 Å². The number of anilines is 3. The van der Waals surface area contributed by atoms with Gasteiger partial charge in [-0.2, -0.15) is 0 Å². The molecule has 45 heavy (non-hydrogen) atoms. The zero-order valence-corrected chi connectivity index (χ0v) is 22.3. The van der Waals surface area contributed by atoms with Crippen LogP contribution < -0.4 is 4.90 Å². The van der Waals surface area contributed by atoms with Crippen molar-refractivity contribution in [2.75, 3.05) is 4.90 Å². The Balaban J connectivity index is 1.48. The summed E-state index contributed by atoms with van der Waals surface area (Å²) in [6, 6.07) is -25.9. The van der Waals surface area contributed by atoms with E-state index in [2.05, 4.69) is 0 Å². The third-order valence-electron chi connectivity index (χ3n) is 6.71. The molecule has 0 saturated carbocycles. The van der Waals surface area contributed by atoms with E-state index in [1.54, 1.807) is 0 Å². The normalized spacial score (nSPS) is 20.0. The van der Waals surface area contributed by atoms with Gasteiger partial charge in [0.15, 0.2) is 0 Å². The molecule has 0 bridgehead atoms. The summed E-state index contributed by atoms with van der Waals surface area (Å²) in [6.45, 7) is 0. The van der Waals surface area contributed by atoms with Gasteiger partial charge in [-0.1, -0.05) is 103 Å². The van der Waals surface area contributed by atoms with Crippen molar-refractivity contribution in [2.45, 2.75) is 0 Å².